The van der Waals surface area contributed by atoms with E-state index in [1.54, 1.807) is 24.3 Å². The highest BCUT2D eigenvalue weighted by atomic mass is 32.2. The number of allylic oxidation sites excluding steroid dienone is 4. The van der Waals surface area contributed by atoms with E-state index in [0.717, 1.165) is 0 Å². The molecule has 4 aromatic rings. The summed E-state index contributed by atoms with van der Waals surface area (Å²) in [7, 11) is -22.8. The molecule has 0 spiro atoms. The summed E-state index contributed by atoms with van der Waals surface area (Å²) in [5.41, 5.74) is 0.826. The standard InChI is InChI=1S/C34H28O14S4/c35-29-31(49(37,38)45-21-25-13-5-1-6-14-25)32(50(39,40)46-22-26-15-7-2-8-16-26)30(36)34(52(43,44)48-24-28-19-11-4-12-20-28)33(29)51(41,42)47-23-27-17-9-3-10-18-27/h1-20H,21-24H2. The van der Waals surface area contributed by atoms with Crippen molar-refractivity contribution in [2.24, 2.45) is 0 Å². The van der Waals surface area contributed by atoms with Crippen LogP contribution in [-0.4, -0.2) is 45.2 Å². The van der Waals surface area contributed by atoms with Crippen LogP contribution < -0.4 is 0 Å². The van der Waals surface area contributed by atoms with E-state index in [0.29, 0.717) is 0 Å². The number of carbonyl (C=O) groups excluding carboxylic acids is 2. The highest BCUT2D eigenvalue weighted by Gasteiger charge is 2.54. The molecule has 1 aliphatic rings. The van der Waals surface area contributed by atoms with E-state index in [-0.39, 0.29) is 22.3 Å². The molecular weight excluding hydrogens is 761 g/mol. The second-order valence-corrected chi connectivity index (χ2v) is 17.0. The Balaban J connectivity index is 1.69. The normalized spacial score (nSPS) is 14.5. The third kappa shape index (κ3) is 9.03. The first-order chi connectivity index (χ1) is 24.6. The van der Waals surface area contributed by atoms with Gasteiger partial charge in [0.05, 0.1) is 26.4 Å². The molecule has 0 atom stereocenters. The van der Waals surface area contributed by atoms with Crippen LogP contribution in [0.5, 0.6) is 0 Å². The molecule has 52 heavy (non-hydrogen) atoms. The molecule has 0 bridgehead atoms. The van der Waals surface area contributed by atoms with Crippen LogP contribution in [0.1, 0.15) is 22.3 Å². The number of ketones is 2. The van der Waals surface area contributed by atoms with Crippen LogP contribution in [0, 0.1) is 0 Å². The summed E-state index contributed by atoms with van der Waals surface area (Å²) in [6.07, 6.45) is 0. The van der Waals surface area contributed by atoms with Crippen molar-refractivity contribution in [2.75, 3.05) is 0 Å². The molecule has 0 saturated heterocycles. The Kier molecular flexibility index (Phi) is 11.8. The van der Waals surface area contributed by atoms with Gasteiger partial charge in [0.15, 0.2) is 19.6 Å². The largest absolute Gasteiger partial charge is 0.302 e. The lowest BCUT2D eigenvalue weighted by Crippen LogP contribution is -2.38. The molecule has 5 rings (SSSR count). The zero-order valence-electron chi connectivity index (χ0n) is 26.7. The molecule has 272 valence electrons. The van der Waals surface area contributed by atoms with Gasteiger partial charge in [0.25, 0.3) is 0 Å². The van der Waals surface area contributed by atoms with Gasteiger partial charge in [-0.15, -0.1) is 0 Å². The summed E-state index contributed by atoms with van der Waals surface area (Å²) in [5.74, 6) is -4.52. The third-order valence-electron chi connectivity index (χ3n) is 7.13. The minimum absolute atomic E-state index is 0.207. The molecule has 0 aromatic heterocycles. The fraction of sp³-hybridized carbons (Fsp3) is 0.118. The Hall–Kier alpha value is -4.66. The summed E-state index contributed by atoms with van der Waals surface area (Å²) in [6.45, 7) is -3.25. The maximum absolute atomic E-state index is 14.2. The van der Waals surface area contributed by atoms with Crippen LogP contribution in [0.2, 0.25) is 0 Å². The zero-order chi connectivity index (χ0) is 37.6. The summed E-state index contributed by atoms with van der Waals surface area (Å²) in [4.78, 5) is 20.4. The molecule has 0 aliphatic heterocycles. The summed E-state index contributed by atoms with van der Waals surface area (Å²) >= 11 is 0. The Morgan fingerprint density at radius 3 is 0.654 bits per heavy atom. The number of hydrogen-bond donors (Lipinski definition) is 0. The second kappa shape index (κ2) is 15.9. The molecule has 0 N–H and O–H groups in total. The van der Waals surface area contributed by atoms with Gasteiger partial charge in [-0.3, -0.25) is 26.3 Å². The van der Waals surface area contributed by atoms with E-state index in [4.69, 9.17) is 16.7 Å². The van der Waals surface area contributed by atoms with Gasteiger partial charge in [0.1, 0.15) is 0 Å². The van der Waals surface area contributed by atoms with Crippen LogP contribution in [0.3, 0.4) is 0 Å². The van der Waals surface area contributed by atoms with Crippen molar-refractivity contribution in [3.8, 4) is 0 Å². The van der Waals surface area contributed by atoms with Crippen molar-refractivity contribution >= 4 is 52.0 Å². The first-order valence-corrected chi connectivity index (χ1v) is 20.6. The zero-order valence-corrected chi connectivity index (χ0v) is 30.0. The molecule has 4 aromatic carbocycles. The third-order valence-corrected chi connectivity index (χ3v) is 12.7. The summed E-state index contributed by atoms with van der Waals surface area (Å²) in [6, 6.07) is 29.8. The SMILES string of the molecule is O=C1C(S(=O)(=O)OCc2ccccc2)=C(S(=O)(=O)OCc2ccccc2)C(=O)C(S(=O)(=O)OCc2ccccc2)=C1S(=O)(=O)OCc1ccccc1. The predicted octanol–water partition coefficient (Wildman–Crippen LogP) is 3.75. The Morgan fingerprint density at radius 2 is 0.481 bits per heavy atom. The number of Topliss-reactive ketones (excluding diaryl/α,β-unsaturated/α-hetero) is 2. The average Bonchev–Trinajstić information content (AvgIpc) is 3.13. The van der Waals surface area contributed by atoms with Crippen LogP contribution >= 0.6 is 0 Å². The van der Waals surface area contributed by atoms with E-state index in [2.05, 4.69) is 0 Å². The lowest BCUT2D eigenvalue weighted by atomic mass is 10.1. The number of benzene rings is 4. The molecule has 0 saturated carbocycles. The molecule has 18 heteroatoms. The average molecular weight is 789 g/mol. The van der Waals surface area contributed by atoms with Crippen LogP contribution in [-0.2, 0) is 93.2 Å². The van der Waals surface area contributed by atoms with Gasteiger partial charge in [0.2, 0.25) is 11.6 Å². The molecule has 0 amide bonds. The topological polar surface area (TPSA) is 208 Å². The summed E-state index contributed by atoms with van der Waals surface area (Å²) < 4.78 is 130. The maximum Gasteiger partial charge on any atom is 0.302 e. The first kappa shape index (κ1) is 38.6. The second-order valence-electron chi connectivity index (χ2n) is 10.8. The monoisotopic (exact) mass is 788 g/mol. The van der Waals surface area contributed by atoms with Crippen molar-refractivity contribution < 1.29 is 60.0 Å². The Morgan fingerprint density at radius 1 is 0.308 bits per heavy atom. The Labute approximate surface area is 300 Å². The quantitative estimate of drug-likeness (QED) is 0.117. The van der Waals surface area contributed by atoms with Crippen molar-refractivity contribution in [1.82, 2.24) is 0 Å². The van der Waals surface area contributed by atoms with Crippen molar-refractivity contribution in [3.05, 3.63) is 163 Å². The molecule has 0 fully saturated rings. The fourth-order valence-electron chi connectivity index (χ4n) is 4.64. The lowest BCUT2D eigenvalue weighted by molar-refractivity contribution is -0.115. The number of carbonyl (C=O) groups is 2. The van der Waals surface area contributed by atoms with Crippen molar-refractivity contribution in [2.45, 2.75) is 26.4 Å². The molecule has 0 unspecified atom stereocenters. The van der Waals surface area contributed by atoms with Gasteiger partial charge in [0, 0.05) is 0 Å². The molecule has 0 heterocycles. The first-order valence-electron chi connectivity index (χ1n) is 14.9. The van der Waals surface area contributed by atoms with E-state index in [1.807, 2.05) is 0 Å². The van der Waals surface area contributed by atoms with Crippen molar-refractivity contribution in [3.63, 3.8) is 0 Å². The van der Waals surface area contributed by atoms with Gasteiger partial charge >= 0.3 is 40.5 Å². The fourth-order valence-corrected chi connectivity index (χ4v) is 10.2. The van der Waals surface area contributed by atoms with Crippen LogP contribution in [0.4, 0.5) is 0 Å². The molecule has 14 nitrogen and oxygen atoms in total. The minimum atomic E-state index is -5.70. The van der Waals surface area contributed by atoms with Crippen LogP contribution in [0.15, 0.2) is 141 Å². The Bertz CT molecular complexity index is 2120. The van der Waals surface area contributed by atoms with E-state index in [9.17, 15) is 43.3 Å². The number of hydrogen-bond acceptors (Lipinski definition) is 14. The number of rotatable bonds is 16. The lowest BCUT2D eigenvalue weighted by Gasteiger charge is -2.22. The van der Waals surface area contributed by atoms with Gasteiger partial charge in [-0.1, -0.05) is 121 Å². The maximum atomic E-state index is 14.2. The van der Waals surface area contributed by atoms with Gasteiger partial charge < -0.3 is 0 Å². The van der Waals surface area contributed by atoms with Crippen molar-refractivity contribution in [1.29, 1.82) is 0 Å². The van der Waals surface area contributed by atoms with Gasteiger partial charge in [-0.05, 0) is 22.3 Å². The van der Waals surface area contributed by atoms with E-state index < -0.39 is 98.1 Å². The smallest absolute Gasteiger partial charge is 0.287 e. The van der Waals surface area contributed by atoms with E-state index in [1.165, 1.54) is 97.1 Å². The van der Waals surface area contributed by atoms with Gasteiger partial charge in [-0.25, -0.2) is 0 Å². The predicted molar refractivity (Wildman–Crippen MR) is 185 cm³/mol. The van der Waals surface area contributed by atoms with E-state index >= 15 is 0 Å². The minimum Gasteiger partial charge on any atom is -0.287 e. The highest BCUT2D eigenvalue weighted by Crippen LogP contribution is 2.39. The highest BCUT2D eigenvalue weighted by molar-refractivity contribution is 7.99. The summed E-state index contributed by atoms with van der Waals surface area (Å²) in [5, 5.41) is 0. The van der Waals surface area contributed by atoms with Crippen LogP contribution in [0.25, 0.3) is 0 Å². The van der Waals surface area contributed by atoms with Gasteiger partial charge in [-0.2, -0.15) is 33.7 Å². The molecule has 0 radical (unpaired) electrons. The molecular formula is C34H28O14S4. The molecule has 1 aliphatic carbocycles.